The average Bonchev–Trinajstić information content (AvgIpc) is 3.00. The van der Waals surface area contributed by atoms with Crippen LogP contribution in [0.15, 0.2) is 28.8 Å². The second-order valence-electron chi connectivity index (χ2n) is 4.59. The topological polar surface area (TPSA) is 105 Å². The maximum atomic E-state index is 13.4. The predicted octanol–water partition coefficient (Wildman–Crippen LogP) is 0.615. The van der Waals surface area contributed by atoms with Crippen LogP contribution in [0, 0.1) is 11.6 Å². The van der Waals surface area contributed by atoms with Gasteiger partial charge in [0.15, 0.2) is 23.0 Å². The standard InChI is InChI=1S/C14H14F2N2O5/c15-8-1-2-13(11(16)3-8)22-7-10-4-12(18-23-10)14(21)17-5-9(20)6-19/h1-4,9,19-20H,5-7H2,(H,17,21). The molecule has 23 heavy (non-hydrogen) atoms. The second-order valence-corrected chi connectivity index (χ2v) is 4.59. The number of benzene rings is 1. The largest absolute Gasteiger partial charge is 0.482 e. The predicted molar refractivity (Wildman–Crippen MR) is 72.6 cm³/mol. The fourth-order valence-corrected chi connectivity index (χ4v) is 1.59. The van der Waals surface area contributed by atoms with Crippen molar-refractivity contribution in [3.8, 4) is 5.75 Å². The van der Waals surface area contributed by atoms with Gasteiger partial charge < -0.3 is 24.8 Å². The number of rotatable bonds is 7. The Morgan fingerprint density at radius 3 is 2.87 bits per heavy atom. The fraction of sp³-hybridized carbons (Fsp3) is 0.286. The molecule has 0 saturated heterocycles. The Balaban J connectivity index is 1.90. The molecular weight excluding hydrogens is 314 g/mol. The highest BCUT2D eigenvalue weighted by atomic mass is 19.1. The van der Waals surface area contributed by atoms with Crippen LogP contribution in [0.4, 0.5) is 8.78 Å². The first kappa shape index (κ1) is 16.8. The number of carbonyl (C=O) groups is 1. The Kier molecular flexibility index (Phi) is 5.61. The van der Waals surface area contributed by atoms with Crippen molar-refractivity contribution in [2.24, 2.45) is 0 Å². The molecule has 1 atom stereocenters. The summed E-state index contributed by atoms with van der Waals surface area (Å²) in [6.45, 7) is -0.835. The maximum absolute atomic E-state index is 13.4. The summed E-state index contributed by atoms with van der Waals surface area (Å²) in [5.74, 6) is -2.21. The van der Waals surface area contributed by atoms with Gasteiger partial charge in [-0.25, -0.2) is 8.78 Å². The van der Waals surface area contributed by atoms with Crippen molar-refractivity contribution in [1.82, 2.24) is 10.5 Å². The molecule has 124 valence electrons. The summed E-state index contributed by atoms with van der Waals surface area (Å²) in [6, 6.07) is 4.14. The summed E-state index contributed by atoms with van der Waals surface area (Å²) < 4.78 is 36.1. The minimum absolute atomic E-state index is 0.0617. The Morgan fingerprint density at radius 1 is 1.39 bits per heavy atom. The quantitative estimate of drug-likeness (QED) is 0.688. The Labute approximate surface area is 129 Å². The van der Waals surface area contributed by atoms with E-state index in [4.69, 9.17) is 19.5 Å². The summed E-state index contributed by atoms with van der Waals surface area (Å²) in [6.07, 6.45) is -1.07. The lowest BCUT2D eigenvalue weighted by molar-refractivity contribution is 0.0796. The summed E-state index contributed by atoms with van der Waals surface area (Å²) in [5.41, 5.74) is -0.0617. The van der Waals surface area contributed by atoms with E-state index in [0.717, 1.165) is 12.1 Å². The molecule has 0 spiro atoms. The summed E-state index contributed by atoms with van der Waals surface area (Å²) in [4.78, 5) is 11.7. The average molecular weight is 328 g/mol. The van der Waals surface area contributed by atoms with Gasteiger partial charge in [-0.15, -0.1) is 0 Å². The number of ether oxygens (including phenoxy) is 1. The molecule has 0 aliphatic rings. The Morgan fingerprint density at radius 2 is 2.17 bits per heavy atom. The number of halogens is 2. The molecule has 1 aromatic heterocycles. The van der Waals surface area contributed by atoms with Crippen LogP contribution in [-0.4, -0.2) is 40.5 Å². The summed E-state index contributed by atoms with van der Waals surface area (Å²) in [7, 11) is 0. The van der Waals surface area contributed by atoms with Gasteiger partial charge in [-0.05, 0) is 12.1 Å². The van der Waals surface area contributed by atoms with Crippen LogP contribution in [0.1, 0.15) is 16.2 Å². The van der Waals surface area contributed by atoms with Crippen LogP contribution >= 0.6 is 0 Å². The van der Waals surface area contributed by atoms with E-state index in [2.05, 4.69) is 10.5 Å². The van der Waals surface area contributed by atoms with Gasteiger partial charge in [-0.2, -0.15) is 0 Å². The van der Waals surface area contributed by atoms with E-state index >= 15 is 0 Å². The summed E-state index contributed by atoms with van der Waals surface area (Å²) in [5, 5.41) is 23.6. The number of nitrogens with zero attached hydrogens (tertiary/aromatic N) is 1. The molecule has 9 heteroatoms. The molecule has 7 nitrogen and oxygen atoms in total. The van der Waals surface area contributed by atoms with Crippen LogP contribution in [0.2, 0.25) is 0 Å². The molecule has 1 aromatic carbocycles. The number of aromatic nitrogens is 1. The van der Waals surface area contributed by atoms with Crippen LogP contribution < -0.4 is 10.1 Å². The van der Waals surface area contributed by atoms with E-state index < -0.39 is 30.3 Å². The van der Waals surface area contributed by atoms with Gasteiger partial charge in [-0.1, -0.05) is 5.16 Å². The third-order valence-corrected chi connectivity index (χ3v) is 2.76. The Hall–Kier alpha value is -2.52. The fourth-order valence-electron chi connectivity index (χ4n) is 1.59. The third kappa shape index (κ3) is 4.73. The van der Waals surface area contributed by atoms with E-state index in [0.29, 0.717) is 6.07 Å². The lowest BCUT2D eigenvalue weighted by atomic mass is 10.3. The minimum Gasteiger partial charge on any atom is -0.482 e. The minimum atomic E-state index is -1.07. The van der Waals surface area contributed by atoms with Crippen molar-refractivity contribution in [1.29, 1.82) is 0 Å². The molecule has 2 aromatic rings. The van der Waals surface area contributed by atoms with E-state index in [-0.39, 0.29) is 30.4 Å². The van der Waals surface area contributed by atoms with E-state index in [1.165, 1.54) is 6.07 Å². The third-order valence-electron chi connectivity index (χ3n) is 2.76. The lowest BCUT2D eigenvalue weighted by Gasteiger charge is -2.06. The van der Waals surface area contributed by atoms with Crippen LogP contribution in [0.3, 0.4) is 0 Å². The molecule has 0 bridgehead atoms. The van der Waals surface area contributed by atoms with E-state index in [1.54, 1.807) is 0 Å². The number of hydrogen-bond acceptors (Lipinski definition) is 6. The highest BCUT2D eigenvalue weighted by Crippen LogP contribution is 2.19. The van der Waals surface area contributed by atoms with Crippen molar-refractivity contribution in [2.75, 3.05) is 13.2 Å². The first-order valence-corrected chi connectivity index (χ1v) is 6.60. The lowest BCUT2D eigenvalue weighted by Crippen LogP contribution is -2.34. The first-order chi connectivity index (χ1) is 11.0. The maximum Gasteiger partial charge on any atom is 0.273 e. The van der Waals surface area contributed by atoms with Crippen molar-refractivity contribution in [3.05, 3.63) is 47.4 Å². The van der Waals surface area contributed by atoms with Crippen LogP contribution in [-0.2, 0) is 6.61 Å². The Bertz CT molecular complexity index is 677. The molecule has 0 fully saturated rings. The SMILES string of the molecule is O=C(NCC(O)CO)c1cc(COc2ccc(F)cc2F)on1. The number of hydrogen-bond donors (Lipinski definition) is 3. The number of carbonyl (C=O) groups excluding carboxylic acids is 1. The highest BCUT2D eigenvalue weighted by molar-refractivity contribution is 5.92. The van der Waals surface area contributed by atoms with Crippen LogP contribution in [0.5, 0.6) is 5.75 Å². The van der Waals surface area contributed by atoms with Crippen molar-refractivity contribution in [2.45, 2.75) is 12.7 Å². The van der Waals surface area contributed by atoms with Crippen LogP contribution in [0.25, 0.3) is 0 Å². The monoisotopic (exact) mass is 328 g/mol. The zero-order valence-corrected chi connectivity index (χ0v) is 11.8. The van der Waals surface area contributed by atoms with Gasteiger partial charge in [0.05, 0.1) is 12.7 Å². The van der Waals surface area contributed by atoms with Gasteiger partial charge in [0, 0.05) is 18.7 Å². The van der Waals surface area contributed by atoms with Gasteiger partial charge in [-0.3, -0.25) is 4.79 Å². The molecule has 2 rings (SSSR count). The van der Waals surface area contributed by atoms with Gasteiger partial charge in [0.25, 0.3) is 5.91 Å². The van der Waals surface area contributed by atoms with Crippen molar-refractivity contribution < 1.29 is 33.0 Å². The molecule has 0 saturated carbocycles. The molecule has 0 radical (unpaired) electrons. The van der Waals surface area contributed by atoms with Gasteiger partial charge in [0.1, 0.15) is 12.4 Å². The molecule has 0 aliphatic heterocycles. The number of aliphatic hydroxyl groups is 2. The molecule has 3 N–H and O–H groups in total. The molecule has 1 unspecified atom stereocenters. The molecular formula is C14H14F2N2O5. The summed E-state index contributed by atoms with van der Waals surface area (Å²) >= 11 is 0. The number of nitrogens with one attached hydrogen (secondary N) is 1. The van der Waals surface area contributed by atoms with Gasteiger partial charge in [0.2, 0.25) is 0 Å². The van der Waals surface area contributed by atoms with Crippen molar-refractivity contribution in [3.63, 3.8) is 0 Å². The number of aliphatic hydroxyl groups excluding tert-OH is 2. The van der Waals surface area contributed by atoms with E-state index in [9.17, 15) is 13.6 Å². The normalized spacial score (nSPS) is 12.0. The number of amides is 1. The van der Waals surface area contributed by atoms with Crippen molar-refractivity contribution >= 4 is 5.91 Å². The zero-order valence-electron chi connectivity index (χ0n) is 11.8. The van der Waals surface area contributed by atoms with E-state index in [1.807, 2.05) is 0 Å². The zero-order chi connectivity index (χ0) is 16.8. The van der Waals surface area contributed by atoms with Gasteiger partial charge >= 0.3 is 0 Å². The smallest absolute Gasteiger partial charge is 0.273 e. The molecule has 1 heterocycles. The molecule has 0 aliphatic carbocycles. The second kappa shape index (κ2) is 7.65. The first-order valence-electron chi connectivity index (χ1n) is 6.60. The molecule has 1 amide bonds. The highest BCUT2D eigenvalue weighted by Gasteiger charge is 2.14.